The maximum atomic E-state index is 13.1. The van der Waals surface area contributed by atoms with Crippen molar-refractivity contribution in [3.05, 3.63) is 63.1 Å². The largest absolute Gasteiger partial charge is 0.530 e. The molecule has 1 N–H and O–H groups in total. The Kier molecular flexibility index (Phi) is 6.56. The van der Waals surface area contributed by atoms with Gasteiger partial charge in [-0.15, -0.1) is 0 Å². The number of anilines is 1. The molecule has 1 atom stereocenters. The molecule has 31 heavy (non-hydrogen) atoms. The molecule has 1 aliphatic heterocycles. The third-order valence-corrected chi connectivity index (χ3v) is 5.44. The van der Waals surface area contributed by atoms with Gasteiger partial charge in [0.25, 0.3) is 0 Å². The van der Waals surface area contributed by atoms with Crippen LogP contribution in [-0.2, 0) is 18.9 Å². The van der Waals surface area contributed by atoms with Gasteiger partial charge >= 0.3 is 12.4 Å². The summed E-state index contributed by atoms with van der Waals surface area (Å²) in [6, 6.07) is 5.82. The molecule has 3 rings (SSSR count). The van der Waals surface area contributed by atoms with Gasteiger partial charge in [0.1, 0.15) is 6.09 Å². The van der Waals surface area contributed by atoms with Gasteiger partial charge in [-0.25, -0.2) is 0 Å². The molecule has 168 valence electrons. The summed E-state index contributed by atoms with van der Waals surface area (Å²) in [5, 5.41) is 14.5. The van der Waals surface area contributed by atoms with Crippen molar-refractivity contribution in [3.8, 4) is 0 Å². The standard InChI is InChI=1S/C20H17BrF6N2O2/c21-14-3-4-17-15(9-14)16(2-1-5-29(17)18(30)31)28-10-11-6-12(19(22,23)24)8-13(7-11)20(25,26)27/h3-4,6-9,16,28H,1-2,5,10H2,(H,30,31)/p-1. The van der Waals surface area contributed by atoms with Crippen molar-refractivity contribution in [3.63, 3.8) is 0 Å². The molecule has 0 radical (unpaired) electrons. The number of amides is 1. The van der Waals surface area contributed by atoms with Crippen molar-refractivity contribution in [2.24, 2.45) is 0 Å². The summed E-state index contributed by atoms with van der Waals surface area (Å²) in [5.74, 6) is 0. The second-order valence-electron chi connectivity index (χ2n) is 7.11. The number of benzene rings is 2. The topological polar surface area (TPSA) is 55.4 Å². The third kappa shape index (κ3) is 5.51. The van der Waals surface area contributed by atoms with Crippen LogP contribution in [0.5, 0.6) is 0 Å². The van der Waals surface area contributed by atoms with Gasteiger partial charge in [0, 0.05) is 29.3 Å². The lowest BCUT2D eigenvalue weighted by Gasteiger charge is -2.26. The van der Waals surface area contributed by atoms with Crippen LogP contribution in [0.1, 0.15) is 41.1 Å². The Bertz CT molecular complexity index is 945. The Morgan fingerprint density at radius 1 is 1.06 bits per heavy atom. The molecule has 0 fully saturated rings. The molecule has 0 spiro atoms. The van der Waals surface area contributed by atoms with Crippen LogP contribution in [0.25, 0.3) is 0 Å². The lowest BCUT2D eigenvalue weighted by molar-refractivity contribution is -0.246. The molecule has 4 nitrogen and oxygen atoms in total. The Morgan fingerprint density at radius 2 is 1.68 bits per heavy atom. The molecule has 11 heteroatoms. The number of carboxylic acid groups (broad SMARTS) is 1. The molecule has 0 aliphatic carbocycles. The van der Waals surface area contributed by atoms with E-state index in [-0.39, 0.29) is 24.7 Å². The van der Waals surface area contributed by atoms with Crippen LogP contribution >= 0.6 is 15.9 Å². The molecular formula is C20H16BrF6N2O2-. The number of alkyl halides is 6. The highest BCUT2D eigenvalue weighted by molar-refractivity contribution is 9.10. The second-order valence-corrected chi connectivity index (χ2v) is 8.03. The third-order valence-electron chi connectivity index (χ3n) is 4.95. The van der Waals surface area contributed by atoms with Crippen LogP contribution in [0.2, 0.25) is 0 Å². The fourth-order valence-corrected chi connectivity index (χ4v) is 3.92. The van der Waals surface area contributed by atoms with E-state index in [4.69, 9.17) is 0 Å². The highest BCUT2D eigenvalue weighted by Crippen LogP contribution is 2.38. The number of nitrogens with zero attached hydrogens (tertiary/aromatic N) is 1. The zero-order valence-corrected chi connectivity index (χ0v) is 17.4. The number of hydrogen-bond acceptors (Lipinski definition) is 3. The first kappa shape index (κ1) is 23.4. The summed E-state index contributed by atoms with van der Waals surface area (Å²) < 4.78 is 79.2. The van der Waals surface area contributed by atoms with Gasteiger partial charge in [0.2, 0.25) is 0 Å². The lowest BCUT2D eigenvalue weighted by atomic mass is 10.00. The van der Waals surface area contributed by atoms with Crippen LogP contribution in [0, 0.1) is 0 Å². The maximum absolute atomic E-state index is 13.1. The van der Waals surface area contributed by atoms with Gasteiger partial charge in [-0.1, -0.05) is 15.9 Å². The highest BCUT2D eigenvalue weighted by atomic mass is 79.9. The number of hydrogen-bond donors (Lipinski definition) is 1. The number of rotatable bonds is 3. The summed E-state index contributed by atoms with van der Waals surface area (Å²) in [6.45, 7) is -0.105. The second kappa shape index (κ2) is 8.70. The van der Waals surface area contributed by atoms with E-state index in [1.807, 2.05) is 0 Å². The Hall–Kier alpha value is -2.27. The van der Waals surface area contributed by atoms with Gasteiger partial charge in [-0.2, -0.15) is 26.3 Å². The Labute approximate surface area is 182 Å². The van der Waals surface area contributed by atoms with E-state index in [0.29, 0.717) is 40.7 Å². The van der Waals surface area contributed by atoms with Crippen LogP contribution in [0.3, 0.4) is 0 Å². The molecule has 1 amide bonds. The zero-order valence-electron chi connectivity index (χ0n) is 15.8. The molecule has 0 saturated carbocycles. The summed E-state index contributed by atoms with van der Waals surface area (Å²) in [4.78, 5) is 12.5. The normalized spacial score (nSPS) is 17.3. The Balaban J connectivity index is 1.92. The number of nitrogens with one attached hydrogen (secondary N) is 1. The van der Waals surface area contributed by atoms with Crippen LogP contribution in [0.4, 0.5) is 36.8 Å². The molecular weight excluding hydrogens is 494 g/mol. The van der Waals surface area contributed by atoms with Gasteiger partial charge in [-0.05, 0) is 60.4 Å². The average molecular weight is 510 g/mol. The van der Waals surface area contributed by atoms with E-state index in [1.54, 1.807) is 18.2 Å². The van der Waals surface area contributed by atoms with Crippen molar-refractivity contribution in [1.29, 1.82) is 0 Å². The molecule has 2 aromatic carbocycles. The Morgan fingerprint density at radius 3 is 2.23 bits per heavy atom. The first-order chi connectivity index (χ1) is 14.4. The van der Waals surface area contributed by atoms with E-state index in [0.717, 1.165) is 4.90 Å². The van der Waals surface area contributed by atoms with Gasteiger partial charge in [0.05, 0.1) is 11.1 Å². The smallest absolute Gasteiger partial charge is 0.416 e. The SMILES string of the molecule is O=C([O-])N1CCCC(NCc2cc(C(F)(F)F)cc(C(F)(F)F)c2)c2cc(Br)ccc21. The van der Waals surface area contributed by atoms with E-state index >= 15 is 0 Å². The lowest BCUT2D eigenvalue weighted by Crippen LogP contribution is -2.41. The first-order valence-electron chi connectivity index (χ1n) is 9.16. The molecule has 1 heterocycles. The van der Waals surface area contributed by atoms with Gasteiger partial charge in [0.15, 0.2) is 0 Å². The molecule has 1 unspecified atom stereocenters. The van der Waals surface area contributed by atoms with E-state index in [2.05, 4.69) is 21.2 Å². The molecule has 2 aromatic rings. The average Bonchev–Trinajstić information content (AvgIpc) is 2.84. The summed E-state index contributed by atoms with van der Waals surface area (Å²) in [5.41, 5.74) is -2.03. The predicted molar refractivity (Wildman–Crippen MR) is 102 cm³/mol. The molecule has 1 aliphatic rings. The minimum absolute atomic E-state index is 0.0826. The minimum Gasteiger partial charge on any atom is -0.530 e. The summed E-state index contributed by atoms with van der Waals surface area (Å²) in [6.07, 6.45) is -10.4. The fraction of sp³-hybridized carbons (Fsp3) is 0.350. The van der Waals surface area contributed by atoms with E-state index in [9.17, 15) is 36.2 Å². The fourth-order valence-electron chi connectivity index (χ4n) is 3.54. The predicted octanol–water partition coefficient (Wildman–Crippen LogP) is 5.26. The molecule has 0 aromatic heterocycles. The van der Waals surface area contributed by atoms with Crippen molar-refractivity contribution in [2.45, 2.75) is 37.8 Å². The number of carbonyl (C=O) groups excluding carboxylic acids is 1. The number of carbonyl (C=O) groups is 1. The molecule has 0 saturated heterocycles. The summed E-state index contributed by atoms with van der Waals surface area (Å²) in [7, 11) is 0. The quantitative estimate of drug-likeness (QED) is 0.574. The van der Waals surface area contributed by atoms with Crippen LogP contribution in [-0.4, -0.2) is 12.6 Å². The highest BCUT2D eigenvalue weighted by Gasteiger charge is 2.37. The van der Waals surface area contributed by atoms with E-state index in [1.165, 1.54) is 0 Å². The summed E-state index contributed by atoms with van der Waals surface area (Å²) >= 11 is 3.30. The van der Waals surface area contributed by atoms with Crippen molar-refractivity contribution >= 4 is 27.7 Å². The van der Waals surface area contributed by atoms with Crippen LogP contribution in [0.15, 0.2) is 40.9 Å². The minimum atomic E-state index is -4.93. The number of halogens is 7. The van der Waals surface area contributed by atoms with Gasteiger partial charge < -0.3 is 20.1 Å². The molecule has 0 bridgehead atoms. The van der Waals surface area contributed by atoms with Crippen molar-refractivity contribution in [1.82, 2.24) is 5.32 Å². The first-order valence-corrected chi connectivity index (χ1v) is 9.95. The van der Waals surface area contributed by atoms with Crippen LogP contribution < -0.4 is 15.3 Å². The van der Waals surface area contributed by atoms with Crippen molar-refractivity contribution in [2.75, 3.05) is 11.4 Å². The van der Waals surface area contributed by atoms with Gasteiger partial charge in [-0.3, -0.25) is 0 Å². The maximum Gasteiger partial charge on any atom is 0.416 e. The monoisotopic (exact) mass is 509 g/mol. The van der Waals surface area contributed by atoms with E-state index < -0.39 is 35.6 Å². The number of fused-ring (bicyclic) bond motifs is 1. The van der Waals surface area contributed by atoms with Crippen molar-refractivity contribution < 1.29 is 36.2 Å². The zero-order chi connectivity index (χ0) is 23.0.